The maximum absolute atomic E-state index is 12.6. The monoisotopic (exact) mass is 319 g/mol. The van der Waals surface area contributed by atoms with Crippen LogP contribution in [0.1, 0.15) is 29.4 Å². The summed E-state index contributed by atoms with van der Waals surface area (Å²) in [6.07, 6.45) is -3.05. The number of carbonyl (C=O) groups excluding carboxylic acids is 1. The number of nitrogens with one attached hydrogen (secondary N) is 1. The summed E-state index contributed by atoms with van der Waals surface area (Å²) in [6, 6.07) is 0. The third-order valence-corrected chi connectivity index (χ3v) is 4.14. The Bertz CT molecular complexity index is 568. The molecule has 2 aliphatic rings. The lowest BCUT2D eigenvalue weighted by molar-refractivity contribution is -0.170. The molecule has 3 rings (SSSR count). The van der Waals surface area contributed by atoms with Gasteiger partial charge in [-0.3, -0.25) is 10.2 Å². The first-order valence-electron chi connectivity index (χ1n) is 6.95. The SMILES string of the molecule is CC1(c2nocc2C(=O)NN2CCC(C(F)(F)F)C2)COC1. The number of hydrogen-bond acceptors (Lipinski definition) is 5. The van der Waals surface area contributed by atoms with Crippen LogP contribution in [-0.2, 0) is 10.2 Å². The summed E-state index contributed by atoms with van der Waals surface area (Å²) in [4.78, 5) is 12.3. The molecule has 0 saturated carbocycles. The van der Waals surface area contributed by atoms with Crippen molar-refractivity contribution in [3.05, 3.63) is 17.5 Å². The van der Waals surface area contributed by atoms with Gasteiger partial charge in [-0.05, 0) is 13.3 Å². The van der Waals surface area contributed by atoms with Gasteiger partial charge in [0.2, 0.25) is 0 Å². The molecule has 1 aromatic rings. The Morgan fingerprint density at radius 1 is 1.50 bits per heavy atom. The van der Waals surface area contributed by atoms with Crippen molar-refractivity contribution >= 4 is 5.91 Å². The third kappa shape index (κ3) is 2.70. The fourth-order valence-corrected chi connectivity index (χ4v) is 2.71. The predicted octanol–water partition coefficient (Wildman–Crippen LogP) is 1.49. The first-order valence-corrected chi connectivity index (χ1v) is 6.95. The normalized spacial score (nSPS) is 25.0. The number of ether oxygens (including phenoxy) is 1. The van der Waals surface area contributed by atoms with E-state index in [0.717, 1.165) is 0 Å². The number of aromatic nitrogens is 1. The molecule has 6 nitrogen and oxygen atoms in total. The molecule has 1 unspecified atom stereocenters. The summed E-state index contributed by atoms with van der Waals surface area (Å²) in [6.45, 7) is 2.67. The molecule has 1 N–H and O–H groups in total. The van der Waals surface area contributed by atoms with E-state index in [1.54, 1.807) is 0 Å². The first kappa shape index (κ1) is 15.3. The Morgan fingerprint density at radius 2 is 2.23 bits per heavy atom. The van der Waals surface area contributed by atoms with Crippen LogP contribution in [-0.4, -0.2) is 48.6 Å². The number of carbonyl (C=O) groups is 1. The predicted molar refractivity (Wildman–Crippen MR) is 67.9 cm³/mol. The van der Waals surface area contributed by atoms with Crippen LogP contribution in [0.2, 0.25) is 0 Å². The minimum atomic E-state index is -4.24. The quantitative estimate of drug-likeness (QED) is 0.914. The van der Waals surface area contributed by atoms with Gasteiger partial charge in [-0.2, -0.15) is 13.2 Å². The largest absolute Gasteiger partial charge is 0.393 e. The molecule has 0 radical (unpaired) electrons. The van der Waals surface area contributed by atoms with Crippen LogP contribution in [0.5, 0.6) is 0 Å². The summed E-state index contributed by atoms with van der Waals surface area (Å²) in [7, 11) is 0. The van der Waals surface area contributed by atoms with Gasteiger partial charge in [0.15, 0.2) is 0 Å². The Kier molecular flexibility index (Phi) is 3.64. The Morgan fingerprint density at radius 3 is 2.77 bits per heavy atom. The van der Waals surface area contributed by atoms with Crippen LogP contribution in [0.3, 0.4) is 0 Å². The standard InChI is InChI=1S/C13H16F3N3O3/c1-12(6-21-7-12)10-9(5-22-18-10)11(20)17-19-3-2-8(4-19)13(14,15)16/h5,8H,2-4,6-7H2,1H3,(H,17,20). The molecular formula is C13H16F3N3O3. The van der Waals surface area contributed by atoms with Gasteiger partial charge in [-0.25, -0.2) is 5.01 Å². The highest BCUT2D eigenvalue weighted by Crippen LogP contribution is 2.34. The Hall–Kier alpha value is -1.61. The van der Waals surface area contributed by atoms with Crippen molar-refractivity contribution in [2.45, 2.75) is 24.9 Å². The Labute approximate surface area is 124 Å². The molecule has 9 heteroatoms. The van der Waals surface area contributed by atoms with Gasteiger partial charge >= 0.3 is 6.18 Å². The molecule has 2 aliphatic heterocycles. The van der Waals surface area contributed by atoms with E-state index >= 15 is 0 Å². The Balaban J connectivity index is 1.65. The molecule has 3 heterocycles. The molecule has 122 valence electrons. The zero-order chi connectivity index (χ0) is 16.0. The fraction of sp³-hybridized carbons (Fsp3) is 0.692. The summed E-state index contributed by atoms with van der Waals surface area (Å²) in [5, 5.41) is 5.13. The number of hydrazine groups is 1. The summed E-state index contributed by atoms with van der Waals surface area (Å²) >= 11 is 0. The van der Waals surface area contributed by atoms with Gasteiger partial charge in [-0.15, -0.1) is 0 Å². The van der Waals surface area contributed by atoms with Crippen molar-refractivity contribution in [3.63, 3.8) is 0 Å². The van der Waals surface area contributed by atoms with Gasteiger partial charge in [0.1, 0.15) is 17.5 Å². The maximum atomic E-state index is 12.6. The van der Waals surface area contributed by atoms with Crippen LogP contribution in [0.4, 0.5) is 13.2 Å². The van der Waals surface area contributed by atoms with Gasteiger partial charge in [0.25, 0.3) is 5.91 Å². The summed E-state index contributed by atoms with van der Waals surface area (Å²) in [5.74, 6) is -1.92. The van der Waals surface area contributed by atoms with Crippen molar-refractivity contribution in [2.75, 3.05) is 26.3 Å². The van der Waals surface area contributed by atoms with Gasteiger partial charge in [0, 0.05) is 13.1 Å². The second-order valence-corrected chi connectivity index (χ2v) is 6.04. The minimum absolute atomic E-state index is 0.0220. The molecule has 0 bridgehead atoms. The van der Waals surface area contributed by atoms with E-state index in [0.29, 0.717) is 18.9 Å². The number of hydrogen-bond donors (Lipinski definition) is 1. The molecule has 0 aromatic carbocycles. The van der Waals surface area contributed by atoms with Crippen LogP contribution < -0.4 is 5.43 Å². The number of halogens is 3. The van der Waals surface area contributed by atoms with Gasteiger partial charge < -0.3 is 9.26 Å². The number of nitrogens with zero attached hydrogens (tertiary/aromatic N) is 2. The molecule has 0 spiro atoms. The zero-order valence-corrected chi connectivity index (χ0v) is 11.9. The van der Waals surface area contributed by atoms with E-state index in [2.05, 4.69) is 10.6 Å². The third-order valence-electron chi connectivity index (χ3n) is 4.14. The van der Waals surface area contributed by atoms with E-state index < -0.39 is 18.0 Å². The average Bonchev–Trinajstić information content (AvgIpc) is 3.03. The van der Waals surface area contributed by atoms with Crippen molar-refractivity contribution < 1.29 is 27.2 Å². The van der Waals surface area contributed by atoms with E-state index in [1.165, 1.54) is 11.3 Å². The second-order valence-electron chi connectivity index (χ2n) is 6.04. The smallest absolute Gasteiger partial charge is 0.379 e. The minimum Gasteiger partial charge on any atom is -0.379 e. The van der Waals surface area contributed by atoms with Crippen molar-refractivity contribution in [2.24, 2.45) is 5.92 Å². The van der Waals surface area contributed by atoms with Gasteiger partial charge in [0.05, 0.1) is 24.5 Å². The highest BCUT2D eigenvalue weighted by atomic mass is 19.4. The fourth-order valence-electron chi connectivity index (χ4n) is 2.71. The molecule has 1 amide bonds. The van der Waals surface area contributed by atoms with Gasteiger partial charge in [-0.1, -0.05) is 5.16 Å². The van der Waals surface area contributed by atoms with Crippen LogP contribution >= 0.6 is 0 Å². The molecule has 2 saturated heterocycles. The molecular weight excluding hydrogens is 303 g/mol. The second kappa shape index (κ2) is 5.24. The lowest BCUT2D eigenvalue weighted by Crippen LogP contribution is -2.47. The molecule has 0 aliphatic carbocycles. The van der Waals surface area contributed by atoms with E-state index in [4.69, 9.17) is 9.26 Å². The highest BCUT2D eigenvalue weighted by Gasteiger charge is 2.45. The summed E-state index contributed by atoms with van der Waals surface area (Å²) in [5.41, 5.74) is 2.82. The highest BCUT2D eigenvalue weighted by molar-refractivity contribution is 5.95. The lowest BCUT2D eigenvalue weighted by Gasteiger charge is -2.36. The molecule has 1 atom stereocenters. The molecule has 2 fully saturated rings. The molecule has 1 aromatic heterocycles. The van der Waals surface area contributed by atoms with E-state index in [9.17, 15) is 18.0 Å². The summed E-state index contributed by atoms with van der Waals surface area (Å²) < 4.78 is 47.9. The average molecular weight is 319 g/mol. The molecule has 22 heavy (non-hydrogen) atoms. The zero-order valence-electron chi connectivity index (χ0n) is 11.9. The van der Waals surface area contributed by atoms with E-state index in [1.807, 2.05) is 6.92 Å². The number of rotatable bonds is 3. The van der Waals surface area contributed by atoms with Crippen LogP contribution in [0.25, 0.3) is 0 Å². The van der Waals surface area contributed by atoms with Crippen molar-refractivity contribution in [1.29, 1.82) is 0 Å². The van der Waals surface area contributed by atoms with E-state index in [-0.39, 0.29) is 30.5 Å². The van der Waals surface area contributed by atoms with Crippen LogP contribution in [0, 0.1) is 5.92 Å². The van der Waals surface area contributed by atoms with Crippen LogP contribution in [0.15, 0.2) is 10.8 Å². The lowest BCUT2D eigenvalue weighted by atomic mass is 9.83. The maximum Gasteiger partial charge on any atom is 0.393 e. The van der Waals surface area contributed by atoms with Crippen molar-refractivity contribution in [3.8, 4) is 0 Å². The number of alkyl halides is 3. The number of amides is 1. The van der Waals surface area contributed by atoms with Crippen molar-refractivity contribution in [1.82, 2.24) is 15.6 Å². The topological polar surface area (TPSA) is 67.6 Å². The first-order chi connectivity index (χ1) is 10.3.